The Balaban J connectivity index is 1.67. The molecule has 0 radical (unpaired) electrons. The van der Waals surface area contributed by atoms with Gasteiger partial charge < -0.3 is 9.84 Å². The summed E-state index contributed by atoms with van der Waals surface area (Å²) in [4.78, 5) is 2.47. The highest BCUT2D eigenvalue weighted by atomic mass is 32.2. The SMILES string of the molecule is COc1ccc(S(=O)(=O)N2CCN(Cc3cc(C(C)C)c(C)cc3O)CC2)cc1. The van der Waals surface area contributed by atoms with Gasteiger partial charge in [-0.05, 0) is 54.3 Å². The molecule has 1 N–H and O–H groups in total. The minimum absolute atomic E-state index is 0.282. The molecule has 0 bridgehead atoms. The van der Waals surface area contributed by atoms with E-state index in [1.807, 2.05) is 13.0 Å². The van der Waals surface area contributed by atoms with E-state index in [1.165, 1.54) is 9.87 Å². The van der Waals surface area contributed by atoms with Crippen LogP contribution in [0.3, 0.4) is 0 Å². The molecule has 158 valence electrons. The Hall–Kier alpha value is -2.09. The summed E-state index contributed by atoms with van der Waals surface area (Å²) in [5.74, 6) is 1.33. The predicted molar refractivity (Wildman–Crippen MR) is 114 cm³/mol. The number of ether oxygens (including phenoxy) is 1. The molecule has 7 heteroatoms. The molecule has 3 rings (SSSR count). The molecule has 1 aliphatic rings. The predicted octanol–water partition coefficient (Wildman–Crippen LogP) is 3.34. The van der Waals surface area contributed by atoms with Gasteiger partial charge in [-0.1, -0.05) is 19.9 Å². The van der Waals surface area contributed by atoms with Gasteiger partial charge in [0, 0.05) is 38.3 Å². The molecule has 2 aromatic rings. The highest BCUT2D eigenvalue weighted by Gasteiger charge is 2.28. The fraction of sp³-hybridized carbons (Fsp3) is 0.455. The van der Waals surface area contributed by atoms with Gasteiger partial charge in [-0.15, -0.1) is 0 Å². The van der Waals surface area contributed by atoms with E-state index in [9.17, 15) is 13.5 Å². The number of nitrogens with zero attached hydrogens (tertiary/aromatic N) is 2. The molecule has 29 heavy (non-hydrogen) atoms. The molecule has 1 saturated heterocycles. The van der Waals surface area contributed by atoms with E-state index in [0.717, 1.165) is 11.1 Å². The fourth-order valence-electron chi connectivity index (χ4n) is 3.77. The van der Waals surface area contributed by atoms with E-state index < -0.39 is 10.0 Å². The first kappa shape index (κ1) is 21.6. The third-order valence-corrected chi connectivity index (χ3v) is 7.42. The molecule has 0 amide bonds. The molecule has 0 unspecified atom stereocenters. The lowest BCUT2D eigenvalue weighted by atomic mass is 9.95. The van der Waals surface area contributed by atoms with Crippen LogP contribution in [0.15, 0.2) is 41.3 Å². The molecule has 0 aliphatic carbocycles. The summed E-state index contributed by atoms with van der Waals surface area (Å²) in [7, 11) is -1.96. The number of hydrogen-bond acceptors (Lipinski definition) is 5. The first-order valence-electron chi connectivity index (χ1n) is 9.91. The average molecular weight is 419 g/mol. The Morgan fingerprint density at radius 1 is 1.07 bits per heavy atom. The summed E-state index contributed by atoms with van der Waals surface area (Å²) in [6.07, 6.45) is 0. The summed E-state index contributed by atoms with van der Waals surface area (Å²) >= 11 is 0. The Labute approximate surface area is 173 Å². The zero-order valence-corrected chi connectivity index (χ0v) is 18.4. The van der Waals surface area contributed by atoms with E-state index in [-0.39, 0.29) is 4.90 Å². The van der Waals surface area contributed by atoms with Gasteiger partial charge in [-0.25, -0.2) is 8.42 Å². The number of hydrogen-bond donors (Lipinski definition) is 1. The third-order valence-electron chi connectivity index (χ3n) is 5.51. The van der Waals surface area contributed by atoms with Gasteiger partial charge in [-0.2, -0.15) is 4.31 Å². The number of phenolic OH excluding ortho intramolecular Hbond substituents is 1. The van der Waals surface area contributed by atoms with Gasteiger partial charge in [0.25, 0.3) is 0 Å². The van der Waals surface area contributed by atoms with Crippen LogP contribution >= 0.6 is 0 Å². The number of aromatic hydroxyl groups is 1. The van der Waals surface area contributed by atoms with Gasteiger partial charge in [0.2, 0.25) is 10.0 Å². The van der Waals surface area contributed by atoms with Crippen LogP contribution in [0.25, 0.3) is 0 Å². The van der Waals surface area contributed by atoms with Crippen LogP contribution in [0.1, 0.15) is 36.5 Å². The number of phenols is 1. The molecule has 6 nitrogen and oxygen atoms in total. The van der Waals surface area contributed by atoms with Crippen molar-refractivity contribution in [2.45, 2.75) is 38.1 Å². The molecular formula is C22H30N2O4S. The van der Waals surface area contributed by atoms with Crippen molar-refractivity contribution in [2.75, 3.05) is 33.3 Å². The van der Waals surface area contributed by atoms with Gasteiger partial charge in [-0.3, -0.25) is 4.90 Å². The molecule has 0 saturated carbocycles. The highest BCUT2D eigenvalue weighted by Crippen LogP contribution is 2.29. The summed E-state index contributed by atoms with van der Waals surface area (Å²) in [6, 6.07) is 10.4. The Morgan fingerprint density at radius 3 is 2.24 bits per heavy atom. The number of aryl methyl sites for hydroxylation is 1. The first-order chi connectivity index (χ1) is 13.7. The van der Waals surface area contributed by atoms with Crippen LogP contribution in [0.5, 0.6) is 11.5 Å². The number of benzene rings is 2. The maximum Gasteiger partial charge on any atom is 0.243 e. The smallest absolute Gasteiger partial charge is 0.243 e. The molecular weight excluding hydrogens is 388 g/mol. The maximum absolute atomic E-state index is 12.9. The van der Waals surface area contributed by atoms with Gasteiger partial charge >= 0.3 is 0 Å². The normalized spacial score (nSPS) is 16.3. The Kier molecular flexibility index (Phi) is 6.51. The van der Waals surface area contributed by atoms with Crippen LogP contribution in [-0.2, 0) is 16.6 Å². The van der Waals surface area contributed by atoms with E-state index in [2.05, 4.69) is 24.8 Å². The van der Waals surface area contributed by atoms with Gasteiger partial charge in [0.15, 0.2) is 0 Å². The van der Waals surface area contributed by atoms with E-state index in [4.69, 9.17) is 4.74 Å². The van der Waals surface area contributed by atoms with E-state index in [1.54, 1.807) is 31.4 Å². The third kappa shape index (κ3) is 4.74. The van der Waals surface area contributed by atoms with Crippen molar-refractivity contribution >= 4 is 10.0 Å². The highest BCUT2D eigenvalue weighted by molar-refractivity contribution is 7.89. The van der Waals surface area contributed by atoms with Crippen molar-refractivity contribution in [2.24, 2.45) is 0 Å². The number of methoxy groups -OCH3 is 1. The van der Waals surface area contributed by atoms with Gasteiger partial charge in [0.05, 0.1) is 12.0 Å². The van der Waals surface area contributed by atoms with Crippen LogP contribution in [0.4, 0.5) is 0 Å². The van der Waals surface area contributed by atoms with Crippen molar-refractivity contribution in [1.29, 1.82) is 0 Å². The number of rotatable bonds is 6. The Bertz CT molecular complexity index is 948. The van der Waals surface area contributed by atoms with Crippen molar-refractivity contribution in [3.63, 3.8) is 0 Å². The summed E-state index contributed by atoms with van der Waals surface area (Å²) < 4.78 is 32.4. The molecule has 2 aromatic carbocycles. The second kappa shape index (κ2) is 8.73. The quantitative estimate of drug-likeness (QED) is 0.779. The second-order valence-corrected chi connectivity index (χ2v) is 9.79. The lowest BCUT2D eigenvalue weighted by Gasteiger charge is -2.34. The van der Waals surface area contributed by atoms with Crippen molar-refractivity contribution in [1.82, 2.24) is 9.21 Å². The molecule has 0 atom stereocenters. The zero-order chi connectivity index (χ0) is 21.2. The minimum atomic E-state index is -3.51. The van der Waals surface area contributed by atoms with Crippen LogP contribution in [0, 0.1) is 6.92 Å². The van der Waals surface area contributed by atoms with Crippen LogP contribution in [0.2, 0.25) is 0 Å². The van der Waals surface area contributed by atoms with E-state index >= 15 is 0 Å². The van der Waals surface area contributed by atoms with Crippen molar-refractivity contribution in [3.05, 3.63) is 53.1 Å². The number of piperazine rings is 1. The van der Waals surface area contributed by atoms with E-state index in [0.29, 0.717) is 50.1 Å². The second-order valence-electron chi connectivity index (χ2n) is 7.85. The zero-order valence-electron chi connectivity index (χ0n) is 17.6. The topological polar surface area (TPSA) is 70.1 Å². The first-order valence-corrected chi connectivity index (χ1v) is 11.4. The number of sulfonamides is 1. The minimum Gasteiger partial charge on any atom is -0.508 e. The monoisotopic (exact) mass is 418 g/mol. The molecule has 1 heterocycles. The average Bonchev–Trinajstić information content (AvgIpc) is 2.70. The largest absolute Gasteiger partial charge is 0.508 e. The standard InChI is InChI=1S/C22H30N2O4S/c1-16(2)21-14-18(22(25)13-17(21)3)15-23-9-11-24(12-10-23)29(26,27)20-7-5-19(28-4)6-8-20/h5-8,13-14,16,25H,9-12,15H2,1-4H3. The summed E-state index contributed by atoms with van der Waals surface area (Å²) in [5, 5.41) is 10.4. The molecule has 1 aliphatic heterocycles. The molecule has 1 fully saturated rings. The summed E-state index contributed by atoms with van der Waals surface area (Å²) in [6.45, 7) is 9.03. The fourth-order valence-corrected chi connectivity index (χ4v) is 5.19. The maximum atomic E-state index is 12.9. The molecule has 0 spiro atoms. The Morgan fingerprint density at radius 2 is 1.69 bits per heavy atom. The van der Waals surface area contributed by atoms with Crippen molar-refractivity contribution < 1.29 is 18.3 Å². The molecule has 0 aromatic heterocycles. The van der Waals surface area contributed by atoms with Gasteiger partial charge in [0.1, 0.15) is 11.5 Å². The van der Waals surface area contributed by atoms with Crippen LogP contribution in [-0.4, -0.2) is 56.0 Å². The lowest BCUT2D eigenvalue weighted by Crippen LogP contribution is -2.48. The van der Waals surface area contributed by atoms with Crippen LogP contribution < -0.4 is 4.74 Å². The lowest BCUT2D eigenvalue weighted by molar-refractivity contribution is 0.180. The van der Waals surface area contributed by atoms with Crippen molar-refractivity contribution in [3.8, 4) is 11.5 Å². The summed E-state index contributed by atoms with van der Waals surface area (Å²) in [5.41, 5.74) is 3.22.